The molecule has 2 heterocycles. The van der Waals surface area contributed by atoms with Gasteiger partial charge in [-0.25, -0.2) is 9.37 Å². The Labute approximate surface area is 173 Å². The molecule has 0 aliphatic carbocycles. The molecular weight excluding hydrogens is 385 g/mol. The van der Waals surface area contributed by atoms with Crippen LogP contribution < -0.4 is 5.32 Å². The highest BCUT2D eigenvalue weighted by Crippen LogP contribution is 2.26. The Hall–Kier alpha value is -2.99. The molecule has 6 heteroatoms. The minimum atomic E-state index is -0.500. The molecule has 2 aromatic carbocycles. The van der Waals surface area contributed by atoms with Crippen molar-refractivity contribution in [2.45, 2.75) is 25.7 Å². The summed E-state index contributed by atoms with van der Waals surface area (Å²) in [6.45, 7) is 4.21. The lowest BCUT2D eigenvalue weighted by Crippen LogP contribution is -2.38. The summed E-state index contributed by atoms with van der Waals surface area (Å²) >= 11 is 1.52. The van der Waals surface area contributed by atoms with E-state index in [-0.39, 0.29) is 18.1 Å². The fourth-order valence-electron chi connectivity index (χ4n) is 3.36. The van der Waals surface area contributed by atoms with Crippen molar-refractivity contribution in [2.24, 2.45) is 0 Å². The summed E-state index contributed by atoms with van der Waals surface area (Å²) in [7, 11) is 0. The van der Waals surface area contributed by atoms with Gasteiger partial charge in [-0.05, 0) is 11.6 Å². The van der Waals surface area contributed by atoms with Crippen LogP contribution in [-0.2, 0) is 16.6 Å². The van der Waals surface area contributed by atoms with Crippen molar-refractivity contribution in [3.63, 3.8) is 0 Å². The first kappa shape index (κ1) is 19.3. The summed E-state index contributed by atoms with van der Waals surface area (Å²) in [5.74, 6) is -0.345. The van der Waals surface area contributed by atoms with Crippen LogP contribution in [0.1, 0.15) is 25.1 Å². The number of amides is 1. The highest BCUT2D eigenvalue weighted by atomic mass is 32.1. The maximum atomic E-state index is 14.1. The van der Waals surface area contributed by atoms with Gasteiger partial charge in [-0.2, -0.15) is 0 Å². The van der Waals surface area contributed by atoms with Gasteiger partial charge in [-0.1, -0.05) is 62.4 Å². The smallest absolute Gasteiger partial charge is 0.226 e. The van der Waals surface area contributed by atoms with E-state index in [4.69, 9.17) is 0 Å². The number of rotatable bonds is 6. The van der Waals surface area contributed by atoms with Crippen molar-refractivity contribution < 1.29 is 9.18 Å². The Kier molecular flexibility index (Phi) is 5.20. The monoisotopic (exact) mass is 407 g/mol. The Balaban J connectivity index is 1.45. The van der Waals surface area contributed by atoms with Crippen LogP contribution >= 0.6 is 11.3 Å². The molecule has 0 saturated heterocycles. The lowest BCUT2D eigenvalue weighted by Gasteiger charge is -2.26. The summed E-state index contributed by atoms with van der Waals surface area (Å²) in [6, 6.07) is 16.7. The zero-order valence-electron chi connectivity index (χ0n) is 16.4. The summed E-state index contributed by atoms with van der Waals surface area (Å²) in [5, 5.41) is 4.91. The number of imidazole rings is 1. The van der Waals surface area contributed by atoms with Crippen molar-refractivity contribution in [1.82, 2.24) is 14.7 Å². The highest BCUT2D eigenvalue weighted by Gasteiger charge is 2.24. The molecule has 0 bridgehead atoms. The number of thiazole rings is 1. The topological polar surface area (TPSA) is 46.4 Å². The Morgan fingerprint density at radius 3 is 2.62 bits per heavy atom. The van der Waals surface area contributed by atoms with Gasteiger partial charge in [0.15, 0.2) is 4.96 Å². The van der Waals surface area contributed by atoms with Crippen LogP contribution in [0.4, 0.5) is 4.39 Å². The predicted molar refractivity (Wildman–Crippen MR) is 115 cm³/mol. The molecule has 2 aromatic heterocycles. The normalized spacial score (nSPS) is 11.7. The number of nitrogens with zero attached hydrogens (tertiary/aromatic N) is 2. The molecule has 4 aromatic rings. The van der Waals surface area contributed by atoms with Crippen molar-refractivity contribution in [2.75, 3.05) is 6.54 Å². The van der Waals surface area contributed by atoms with Gasteiger partial charge in [-0.3, -0.25) is 9.20 Å². The summed E-state index contributed by atoms with van der Waals surface area (Å²) in [6.07, 6.45) is 2.21. The number of aromatic nitrogens is 2. The number of carbonyl (C=O) groups is 1. The molecule has 4 nitrogen and oxygen atoms in total. The second-order valence-corrected chi connectivity index (χ2v) is 8.53. The Bertz CT molecular complexity index is 1150. The van der Waals surface area contributed by atoms with Gasteiger partial charge in [0.25, 0.3) is 0 Å². The van der Waals surface area contributed by atoms with E-state index in [1.54, 1.807) is 12.1 Å². The summed E-state index contributed by atoms with van der Waals surface area (Å²) in [5.41, 5.74) is 2.92. The molecule has 0 saturated carbocycles. The van der Waals surface area contributed by atoms with Crippen molar-refractivity contribution in [3.05, 3.63) is 83.2 Å². The zero-order valence-corrected chi connectivity index (χ0v) is 17.2. The third-order valence-corrected chi connectivity index (χ3v) is 5.91. The molecule has 0 unspecified atom stereocenters. The van der Waals surface area contributed by atoms with Crippen LogP contribution in [0.3, 0.4) is 0 Å². The lowest BCUT2D eigenvalue weighted by molar-refractivity contribution is -0.120. The summed E-state index contributed by atoms with van der Waals surface area (Å²) < 4.78 is 16.1. The fourth-order valence-corrected chi connectivity index (χ4v) is 4.23. The zero-order chi connectivity index (χ0) is 20.4. The van der Waals surface area contributed by atoms with Gasteiger partial charge >= 0.3 is 0 Å². The van der Waals surface area contributed by atoms with E-state index in [0.717, 1.165) is 21.9 Å². The molecule has 4 rings (SSSR count). The van der Waals surface area contributed by atoms with E-state index in [1.807, 2.05) is 66.2 Å². The van der Waals surface area contributed by atoms with Crippen LogP contribution in [0.25, 0.3) is 16.2 Å². The first-order valence-electron chi connectivity index (χ1n) is 9.47. The lowest BCUT2D eigenvalue weighted by atomic mass is 9.84. The molecule has 148 valence electrons. The van der Waals surface area contributed by atoms with Gasteiger partial charge < -0.3 is 5.32 Å². The predicted octanol–water partition coefficient (Wildman–Crippen LogP) is 4.84. The standard InChI is InChI=1S/C23H22FN3OS/c1-23(2,18-10-6-7-11-19(18)24)15-25-21(28)12-17-14-29-22-26-20(13-27(17)22)16-8-4-3-5-9-16/h3-11,13-14H,12,15H2,1-2H3,(H,25,28). The fraction of sp³-hybridized carbons (Fsp3) is 0.217. The van der Waals surface area contributed by atoms with Gasteiger partial charge in [0.1, 0.15) is 5.82 Å². The second-order valence-electron chi connectivity index (χ2n) is 7.69. The van der Waals surface area contributed by atoms with E-state index in [1.165, 1.54) is 17.4 Å². The third kappa shape index (κ3) is 4.07. The SMILES string of the molecule is CC(C)(CNC(=O)Cc1csc2nc(-c3ccccc3)cn12)c1ccccc1F. The van der Waals surface area contributed by atoms with E-state index >= 15 is 0 Å². The number of carbonyl (C=O) groups excluding carboxylic acids is 1. The van der Waals surface area contributed by atoms with Gasteiger partial charge in [-0.15, -0.1) is 11.3 Å². The van der Waals surface area contributed by atoms with E-state index < -0.39 is 5.41 Å². The van der Waals surface area contributed by atoms with Crippen LogP contribution in [0.5, 0.6) is 0 Å². The minimum absolute atomic E-state index is 0.0934. The Morgan fingerprint density at radius 1 is 1.14 bits per heavy atom. The summed E-state index contributed by atoms with van der Waals surface area (Å²) in [4.78, 5) is 18.1. The number of hydrogen-bond acceptors (Lipinski definition) is 3. The molecule has 0 radical (unpaired) electrons. The van der Waals surface area contributed by atoms with Crippen LogP contribution in [-0.4, -0.2) is 21.8 Å². The molecule has 1 N–H and O–H groups in total. The van der Waals surface area contributed by atoms with Crippen LogP contribution in [0.15, 0.2) is 66.2 Å². The first-order chi connectivity index (χ1) is 13.9. The maximum absolute atomic E-state index is 14.1. The van der Waals surface area contributed by atoms with Gasteiger partial charge in [0.05, 0.1) is 12.1 Å². The van der Waals surface area contributed by atoms with Crippen LogP contribution in [0.2, 0.25) is 0 Å². The van der Waals surface area contributed by atoms with Crippen molar-refractivity contribution in [3.8, 4) is 11.3 Å². The number of benzene rings is 2. The van der Waals surface area contributed by atoms with Crippen molar-refractivity contribution >= 4 is 22.2 Å². The molecule has 29 heavy (non-hydrogen) atoms. The van der Waals surface area contributed by atoms with Gasteiger partial charge in [0.2, 0.25) is 5.91 Å². The molecule has 0 aliphatic heterocycles. The van der Waals surface area contributed by atoms with Crippen LogP contribution in [0, 0.1) is 5.82 Å². The quantitative estimate of drug-likeness (QED) is 0.497. The molecule has 0 aliphatic rings. The van der Waals surface area contributed by atoms with E-state index in [0.29, 0.717) is 12.1 Å². The third-order valence-electron chi connectivity index (χ3n) is 5.03. The van der Waals surface area contributed by atoms with Gasteiger partial charge in [0, 0.05) is 34.8 Å². The molecular formula is C23H22FN3OS. The maximum Gasteiger partial charge on any atom is 0.226 e. The first-order valence-corrected chi connectivity index (χ1v) is 10.3. The Morgan fingerprint density at radius 2 is 1.86 bits per heavy atom. The number of fused-ring (bicyclic) bond motifs is 1. The molecule has 1 amide bonds. The van der Waals surface area contributed by atoms with E-state index in [2.05, 4.69) is 10.3 Å². The van der Waals surface area contributed by atoms with Crippen molar-refractivity contribution in [1.29, 1.82) is 0 Å². The van der Waals surface area contributed by atoms with E-state index in [9.17, 15) is 9.18 Å². The molecule has 0 spiro atoms. The minimum Gasteiger partial charge on any atom is -0.355 e. The largest absolute Gasteiger partial charge is 0.355 e. The number of halogens is 1. The molecule has 0 atom stereocenters. The average Bonchev–Trinajstić information content (AvgIpc) is 3.29. The molecule has 0 fully saturated rings. The number of hydrogen-bond donors (Lipinski definition) is 1. The second kappa shape index (κ2) is 7.79. The highest BCUT2D eigenvalue weighted by molar-refractivity contribution is 7.15. The number of nitrogens with one attached hydrogen (secondary N) is 1. The average molecular weight is 408 g/mol.